The van der Waals surface area contributed by atoms with Crippen molar-refractivity contribution in [1.29, 1.82) is 0 Å². The Kier molecular flexibility index (Phi) is 2.37. The number of aliphatic hydroxyl groups is 1. The lowest BCUT2D eigenvalue weighted by Gasteiger charge is -2.33. The zero-order valence-corrected chi connectivity index (χ0v) is 8.73. The zero-order valence-electron chi connectivity index (χ0n) is 8.73. The summed E-state index contributed by atoms with van der Waals surface area (Å²) in [6, 6.07) is 3.87. The van der Waals surface area contributed by atoms with Crippen LogP contribution in [0.15, 0.2) is 22.8 Å². The Labute approximate surface area is 84.3 Å². The number of hydrogen-bond acceptors (Lipinski definition) is 3. The van der Waals surface area contributed by atoms with Gasteiger partial charge >= 0.3 is 0 Å². The van der Waals surface area contributed by atoms with Gasteiger partial charge in [0, 0.05) is 12.1 Å². The molecule has 0 aromatic carbocycles. The fraction of sp³-hybridized carbons (Fsp3) is 0.636. The number of aliphatic hydroxyl groups excluding tert-OH is 1. The summed E-state index contributed by atoms with van der Waals surface area (Å²) in [5.74, 6) is 0.965. The number of likely N-dealkylation sites (tertiary alicyclic amines) is 1. The van der Waals surface area contributed by atoms with Crippen molar-refractivity contribution in [2.24, 2.45) is 0 Å². The van der Waals surface area contributed by atoms with Gasteiger partial charge in [-0.25, -0.2) is 0 Å². The van der Waals surface area contributed by atoms with Crippen LogP contribution < -0.4 is 0 Å². The van der Waals surface area contributed by atoms with Crippen molar-refractivity contribution in [1.82, 2.24) is 4.90 Å². The van der Waals surface area contributed by atoms with Crippen molar-refractivity contribution in [3.63, 3.8) is 0 Å². The van der Waals surface area contributed by atoms with E-state index in [9.17, 15) is 5.11 Å². The highest BCUT2D eigenvalue weighted by molar-refractivity contribution is 5.02. The Balaban J connectivity index is 2.06. The number of furan rings is 1. The van der Waals surface area contributed by atoms with Crippen LogP contribution in [-0.2, 0) is 6.54 Å². The van der Waals surface area contributed by atoms with Crippen LogP contribution in [0.4, 0.5) is 0 Å². The first-order valence-electron chi connectivity index (χ1n) is 5.06. The molecule has 0 amide bonds. The first kappa shape index (κ1) is 9.74. The van der Waals surface area contributed by atoms with Crippen LogP contribution in [0.5, 0.6) is 0 Å². The standard InChI is InChI=1S/C11H17NO2/c1-11(2)10(13)5-6-12(11)8-9-4-3-7-14-9/h3-4,7,10,13H,5-6,8H2,1-2H3. The summed E-state index contributed by atoms with van der Waals surface area (Å²) in [5, 5.41) is 9.78. The van der Waals surface area contributed by atoms with E-state index in [1.165, 1.54) is 0 Å². The van der Waals surface area contributed by atoms with Crippen molar-refractivity contribution in [3.05, 3.63) is 24.2 Å². The lowest BCUT2D eigenvalue weighted by atomic mass is 9.99. The molecule has 78 valence electrons. The molecule has 1 aliphatic rings. The van der Waals surface area contributed by atoms with Gasteiger partial charge in [0.2, 0.25) is 0 Å². The van der Waals surface area contributed by atoms with Gasteiger partial charge in [-0.3, -0.25) is 4.90 Å². The Morgan fingerprint density at radius 1 is 1.64 bits per heavy atom. The topological polar surface area (TPSA) is 36.6 Å². The second kappa shape index (κ2) is 3.41. The van der Waals surface area contributed by atoms with Crippen LogP contribution in [0.3, 0.4) is 0 Å². The van der Waals surface area contributed by atoms with E-state index in [1.807, 2.05) is 12.1 Å². The van der Waals surface area contributed by atoms with Crippen molar-refractivity contribution in [3.8, 4) is 0 Å². The van der Waals surface area contributed by atoms with Gasteiger partial charge in [0.25, 0.3) is 0 Å². The molecule has 1 atom stereocenters. The molecule has 1 unspecified atom stereocenters. The first-order valence-corrected chi connectivity index (χ1v) is 5.06. The molecule has 1 aromatic rings. The third-order valence-electron chi connectivity index (χ3n) is 3.23. The second-order valence-electron chi connectivity index (χ2n) is 4.46. The summed E-state index contributed by atoms with van der Waals surface area (Å²) in [6.07, 6.45) is 2.32. The largest absolute Gasteiger partial charge is 0.468 e. The summed E-state index contributed by atoms with van der Waals surface area (Å²) < 4.78 is 5.30. The molecule has 1 saturated heterocycles. The lowest BCUT2D eigenvalue weighted by Crippen LogP contribution is -2.44. The molecule has 2 heterocycles. The maximum atomic E-state index is 9.78. The van der Waals surface area contributed by atoms with Gasteiger partial charge in [0.1, 0.15) is 5.76 Å². The Bertz CT molecular complexity index is 292. The molecular formula is C11H17NO2. The fourth-order valence-electron chi connectivity index (χ4n) is 2.00. The smallest absolute Gasteiger partial charge is 0.117 e. The van der Waals surface area contributed by atoms with Crippen LogP contribution in [0.25, 0.3) is 0 Å². The molecule has 3 heteroatoms. The molecule has 0 spiro atoms. The normalized spacial score (nSPS) is 26.9. The van der Waals surface area contributed by atoms with Gasteiger partial charge in [-0.1, -0.05) is 0 Å². The summed E-state index contributed by atoms with van der Waals surface area (Å²) in [5.41, 5.74) is -0.132. The monoisotopic (exact) mass is 195 g/mol. The van der Waals surface area contributed by atoms with Gasteiger partial charge in [0.15, 0.2) is 0 Å². The van der Waals surface area contributed by atoms with E-state index in [-0.39, 0.29) is 11.6 Å². The van der Waals surface area contributed by atoms with Gasteiger partial charge < -0.3 is 9.52 Å². The Morgan fingerprint density at radius 2 is 2.43 bits per heavy atom. The first-order chi connectivity index (χ1) is 6.60. The minimum absolute atomic E-state index is 0.132. The van der Waals surface area contributed by atoms with Gasteiger partial charge in [-0.15, -0.1) is 0 Å². The Hall–Kier alpha value is -0.800. The molecule has 1 aromatic heterocycles. The zero-order chi connectivity index (χ0) is 10.2. The predicted octanol–water partition coefficient (Wildman–Crippen LogP) is 1.62. The van der Waals surface area contributed by atoms with Crippen molar-refractivity contribution < 1.29 is 9.52 Å². The molecule has 1 N–H and O–H groups in total. The molecule has 1 aliphatic heterocycles. The third-order valence-corrected chi connectivity index (χ3v) is 3.23. The minimum Gasteiger partial charge on any atom is -0.468 e. The third kappa shape index (κ3) is 1.57. The van der Waals surface area contributed by atoms with Crippen molar-refractivity contribution in [2.45, 2.75) is 38.5 Å². The maximum Gasteiger partial charge on any atom is 0.117 e. The van der Waals surface area contributed by atoms with E-state index in [0.29, 0.717) is 0 Å². The number of nitrogens with zero attached hydrogens (tertiary/aromatic N) is 1. The summed E-state index contributed by atoms with van der Waals surface area (Å²) in [7, 11) is 0. The van der Waals surface area contributed by atoms with Crippen molar-refractivity contribution in [2.75, 3.05) is 6.54 Å². The fourth-order valence-corrected chi connectivity index (χ4v) is 2.00. The second-order valence-corrected chi connectivity index (χ2v) is 4.46. The maximum absolute atomic E-state index is 9.78. The molecule has 0 radical (unpaired) electrons. The van der Waals surface area contributed by atoms with Gasteiger partial charge in [-0.2, -0.15) is 0 Å². The molecule has 14 heavy (non-hydrogen) atoms. The van der Waals surface area contributed by atoms with E-state index in [0.717, 1.165) is 25.3 Å². The van der Waals surface area contributed by atoms with Gasteiger partial charge in [-0.05, 0) is 32.4 Å². The van der Waals surface area contributed by atoms with E-state index < -0.39 is 0 Å². The van der Waals surface area contributed by atoms with Crippen LogP contribution in [-0.4, -0.2) is 28.2 Å². The molecule has 0 bridgehead atoms. The Morgan fingerprint density at radius 3 is 2.93 bits per heavy atom. The highest BCUT2D eigenvalue weighted by Crippen LogP contribution is 2.30. The molecule has 2 rings (SSSR count). The van der Waals surface area contributed by atoms with Crippen LogP contribution in [0.1, 0.15) is 26.0 Å². The minimum atomic E-state index is -0.225. The molecule has 0 aliphatic carbocycles. The highest BCUT2D eigenvalue weighted by Gasteiger charge is 2.40. The van der Waals surface area contributed by atoms with Crippen LogP contribution in [0, 0.1) is 0 Å². The molecular weight excluding hydrogens is 178 g/mol. The molecule has 1 fully saturated rings. The van der Waals surface area contributed by atoms with E-state index in [1.54, 1.807) is 6.26 Å². The van der Waals surface area contributed by atoms with Crippen molar-refractivity contribution >= 4 is 0 Å². The predicted molar refractivity (Wildman–Crippen MR) is 53.8 cm³/mol. The van der Waals surface area contributed by atoms with Crippen LogP contribution >= 0.6 is 0 Å². The SMILES string of the molecule is CC1(C)C(O)CCN1Cc1ccco1. The molecule has 0 saturated carbocycles. The number of rotatable bonds is 2. The molecule has 3 nitrogen and oxygen atoms in total. The highest BCUT2D eigenvalue weighted by atomic mass is 16.3. The van der Waals surface area contributed by atoms with E-state index in [2.05, 4.69) is 18.7 Å². The summed E-state index contributed by atoms with van der Waals surface area (Å²) in [6.45, 7) is 5.88. The van der Waals surface area contributed by atoms with E-state index in [4.69, 9.17) is 4.42 Å². The van der Waals surface area contributed by atoms with E-state index >= 15 is 0 Å². The van der Waals surface area contributed by atoms with Crippen LogP contribution in [0.2, 0.25) is 0 Å². The quantitative estimate of drug-likeness (QED) is 0.779. The number of hydrogen-bond donors (Lipinski definition) is 1. The lowest BCUT2D eigenvalue weighted by molar-refractivity contribution is 0.0472. The summed E-state index contributed by atoms with van der Waals surface area (Å²) >= 11 is 0. The summed E-state index contributed by atoms with van der Waals surface area (Å²) in [4.78, 5) is 2.26. The average molecular weight is 195 g/mol. The van der Waals surface area contributed by atoms with Gasteiger partial charge in [0.05, 0.1) is 18.9 Å². The average Bonchev–Trinajstić information content (AvgIpc) is 2.70.